The van der Waals surface area contributed by atoms with Gasteiger partial charge in [0, 0.05) is 19.8 Å². The second-order valence-corrected chi connectivity index (χ2v) is 6.10. The minimum atomic E-state index is -0.127. The highest BCUT2D eigenvalue weighted by molar-refractivity contribution is 5.77. The normalized spacial score (nSPS) is 11.0. The first-order valence-corrected chi connectivity index (χ1v) is 8.72. The number of hydrogen-bond acceptors (Lipinski definition) is 5. The molecule has 0 aliphatic heterocycles. The summed E-state index contributed by atoms with van der Waals surface area (Å²) in [6, 6.07) is 13.9. The van der Waals surface area contributed by atoms with Crippen molar-refractivity contribution in [3.05, 3.63) is 66.2 Å². The number of hydrogen-bond donors (Lipinski definition) is 1. The van der Waals surface area contributed by atoms with Crippen LogP contribution in [0.1, 0.15) is 11.4 Å². The van der Waals surface area contributed by atoms with Crippen molar-refractivity contribution in [1.82, 2.24) is 34.7 Å². The Morgan fingerprint density at radius 3 is 2.81 bits per heavy atom. The van der Waals surface area contributed by atoms with Crippen LogP contribution in [-0.2, 0) is 24.2 Å². The zero-order valence-corrected chi connectivity index (χ0v) is 14.9. The second kappa shape index (κ2) is 7.36. The summed E-state index contributed by atoms with van der Waals surface area (Å²) >= 11 is 0. The van der Waals surface area contributed by atoms with Crippen molar-refractivity contribution in [2.75, 3.05) is 7.05 Å². The molecule has 0 bridgehead atoms. The molecule has 0 unspecified atom stereocenters. The van der Waals surface area contributed by atoms with Crippen LogP contribution in [0.5, 0.6) is 0 Å². The molecule has 1 aromatic carbocycles. The molecule has 1 N–H and O–H groups in total. The van der Waals surface area contributed by atoms with Crippen LogP contribution >= 0.6 is 0 Å². The number of aryl methyl sites for hydroxylation is 2. The number of aromatic nitrogens is 6. The summed E-state index contributed by atoms with van der Waals surface area (Å²) in [6.45, 7) is 0.639. The number of carbonyl (C=O) groups excluding carboxylic acids is 1. The van der Waals surface area contributed by atoms with Crippen LogP contribution in [-0.4, -0.2) is 42.3 Å². The van der Waals surface area contributed by atoms with E-state index in [0.717, 1.165) is 17.8 Å². The van der Waals surface area contributed by atoms with Gasteiger partial charge in [-0.15, -0.1) is 0 Å². The predicted molar refractivity (Wildman–Crippen MR) is 99.9 cm³/mol. The third-order valence-corrected chi connectivity index (χ3v) is 4.28. The van der Waals surface area contributed by atoms with E-state index in [-0.39, 0.29) is 12.3 Å². The van der Waals surface area contributed by atoms with Gasteiger partial charge in [0.2, 0.25) is 5.91 Å². The van der Waals surface area contributed by atoms with Crippen LogP contribution in [0.25, 0.3) is 17.2 Å². The lowest BCUT2D eigenvalue weighted by Gasteiger charge is -2.05. The Morgan fingerprint density at radius 1 is 1.15 bits per heavy atom. The van der Waals surface area contributed by atoms with Crippen molar-refractivity contribution < 1.29 is 4.79 Å². The molecule has 4 rings (SSSR count). The Balaban J connectivity index is 1.70. The molecule has 0 radical (unpaired) electrons. The molecule has 8 nitrogen and oxygen atoms in total. The first-order chi connectivity index (χ1) is 13.2. The minimum Gasteiger partial charge on any atom is -0.359 e. The van der Waals surface area contributed by atoms with E-state index in [0.29, 0.717) is 18.2 Å². The molecule has 0 spiro atoms. The Kier molecular flexibility index (Phi) is 4.61. The lowest BCUT2D eigenvalue weighted by Crippen LogP contribution is -2.20. The molecule has 27 heavy (non-hydrogen) atoms. The summed E-state index contributed by atoms with van der Waals surface area (Å²) in [5, 5.41) is 11.5. The summed E-state index contributed by atoms with van der Waals surface area (Å²) in [5.74, 6) is 0.998. The summed E-state index contributed by atoms with van der Waals surface area (Å²) in [7, 11) is 1.60. The maximum absolute atomic E-state index is 11.7. The van der Waals surface area contributed by atoms with Crippen LogP contribution in [0.15, 0.2) is 54.9 Å². The second-order valence-electron chi connectivity index (χ2n) is 6.10. The van der Waals surface area contributed by atoms with Gasteiger partial charge in [-0.1, -0.05) is 30.3 Å². The molecule has 0 atom stereocenters. The van der Waals surface area contributed by atoms with Gasteiger partial charge in [0.1, 0.15) is 5.69 Å². The summed E-state index contributed by atoms with van der Waals surface area (Å²) in [6.07, 6.45) is 4.37. The maximum atomic E-state index is 11.7. The van der Waals surface area contributed by atoms with Gasteiger partial charge in [-0.2, -0.15) is 10.2 Å². The minimum absolute atomic E-state index is 0.127. The molecule has 0 saturated heterocycles. The zero-order valence-electron chi connectivity index (χ0n) is 14.9. The number of fused-ring (bicyclic) bond motifs is 1. The average molecular weight is 361 g/mol. The smallest absolute Gasteiger partial charge is 0.227 e. The van der Waals surface area contributed by atoms with Gasteiger partial charge in [-0.3, -0.25) is 4.79 Å². The molecular formula is C19H19N7O. The van der Waals surface area contributed by atoms with Crippen molar-refractivity contribution >= 4 is 11.6 Å². The molecule has 3 heterocycles. The van der Waals surface area contributed by atoms with E-state index in [1.54, 1.807) is 24.0 Å². The van der Waals surface area contributed by atoms with Crippen molar-refractivity contribution in [3.63, 3.8) is 0 Å². The van der Waals surface area contributed by atoms with Gasteiger partial charge in [-0.05, 0) is 24.1 Å². The molecule has 0 saturated carbocycles. The van der Waals surface area contributed by atoms with Gasteiger partial charge in [0.25, 0.3) is 0 Å². The zero-order chi connectivity index (χ0) is 18.6. The number of imidazole rings is 1. The van der Waals surface area contributed by atoms with E-state index < -0.39 is 0 Å². The highest BCUT2D eigenvalue weighted by Crippen LogP contribution is 2.19. The molecule has 0 aliphatic carbocycles. The maximum Gasteiger partial charge on any atom is 0.227 e. The molecule has 3 aromatic heterocycles. The lowest BCUT2D eigenvalue weighted by molar-refractivity contribution is -0.120. The van der Waals surface area contributed by atoms with Gasteiger partial charge in [-0.25, -0.2) is 19.2 Å². The summed E-state index contributed by atoms with van der Waals surface area (Å²) in [4.78, 5) is 20.7. The number of rotatable bonds is 6. The lowest BCUT2D eigenvalue weighted by atomic mass is 10.1. The number of likely N-dealkylation sites (N-methyl/N-ethyl adjacent to an activating group) is 1. The average Bonchev–Trinajstić information content (AvgIpc) is 3.30. The van der Waals surface area contributed by atoms with Crippen molar-refractivity contribution in [3.8, 4) is 11.5 Å². The van der Waals surface area contributed by atoms with Gasteiger partial charge in [0.15, 0.2) is 17.3 Å². The van der Waals surface area contributed by atoms with E-state index in [9.17, 15) is 4.79 Å². The third-order valence-electron chi connectivity index (χ3n) is 4.28. The number of benzene rings is 1. The van der Waals surface area contributed by atoms with E-state index >= 15 is 0 Å². The van der Waals surface area contributed by atoms with Gasteiger partial charge in [0.05, 0.1) is 12.6 Å². The molecule has 4 aromatic rings. The fourth-order valence-electron chi connectivity index (χ4n) is 2.90. The van der Waals surface area contributed by atoms with E-state index in [1.165, 1.54) is 5.56 Å². The first kappa shape index (κ1) is 16.9. The predicted octanol–water partition coefficient (Wildman–Crippen LogP) is 1.52. The molecule has 0 fully saturated rings. The van der Waals surface area contributed by atoms with Gasteiger partial charge >= 0.3 is 0 Å². The van der Waals surface area contributed by atoms with Gasteiger partial charge < -0.3 is 5.32 Å². The first-order valence-electron chi connectivity index (χ1n) is 8.72. The quantitative estimate of drug-likeness (QED) is 0.562. The fourth-order valence-corrected chi connectivity index (χ4v) is 2.90. The van der Waals surface area contributed by atoms with E-state index in [2.05, 4.69) is 37.6 Å². The Hall–Kier alpha value is -3.55. The Morgan fingerprint density at radius 2 is 2.00 bits per heavy atom. The van der Waals surface area contributed by atoms with Crippen LogP contribution in [0, 0.1) is 0 Å². The highest BCUT2D eigenvalue weighted by atomic mass is 16.1. The summed E-state index contributed by atoms with van der Waals surface area (Å²) < 4.78 is 3.55. The number of nitrogens with one attached hydrogen (secondary N) is 1. The van der Waals surface area contributed by atoms with Crippen molar-refractivity contribution in [1.29, 1.82) is 0 Å². The summed E-state index contributed by atoms with van der Waals surface area (Å²) in [5.41, 5.74) is 2.69. The monoisotopic (exact) mass is 361 g/mol. The Labute approximate surface area is 155 Å². The third kappa shape index (κ3) is 3.55. The van der Waals surface area contributed by atoms with E-state index in [4.69, 9.17) is 0 Å². The highest BCUT2D eigenvalue weighted by Gasteiger charge is 2.18. The largest absolute Gasteiger partial charge is 0.359 e. The van der Waals surface area contributed by atoms with E-state index in [1.807, 2.05) is 35.0 Å². The molecular weight excluding hydrogens is 342 g/mol. The van der Waals surface area contributed by atoms with Crippen LogP contribution < -0.4 is 5.32 Å². The number of amides is 1. The van der Waals surface area contributed by atoms with Crippen LogP contribution in [0.2, 0.25) is 0 Å². The number of carbonyl (C=O) groups is 1. The van der Waals surface area contributed by atoms with Crippen molar-refractivity contribution in [2.45, 2.75) is 19.4 Å². The molecule has 8 heteroatoms. The fraction of sp³-hybridized carbons (Fsp3) is 0.211. The molecule has 1 amide bonds. The van der Waals surface area contributed by atoms with Crippen LogP contribution in [0.4, 0.5) is 0 Å². The molecule has 0 aliphatic rings. The number of nitrogens with zero attached hydrogens (tertiary/aromatic N) is 6. The Bertz CT molecular complexity index is 1070. The standard InChI is InChI=1S/C19H19N7O/c1-20-18(27)12-16-23-19(15-13-21-17-8-5-10-22-26(15)17)25(24-16)11-9-14-6-3-2-4-7-14/h2-8,10,13H,9,11-12H2,1H3,(H,20,27). The SMILES string of the molecule is CNC(=O)Cc1nc(-c2cnc3cccnn23)n(CCc2ccccc2)n1. The topological polar surface area (TPSA) is 90.0 Å². The van der Waals surface area contributed by atoms with Crippen molar-refractivity contribution in [2.24, 2.45) is 0 Å². The van der Waals surface area contributed by atoms with Crippen LogP contribution in [0.3, 0.4) is 0 Å². The molecule has 136 valence electrons.